The number of amides is 1. The Labute approximate surface area is 374 Å². The summed E-state index contributed by atoms with van der Waals surface area (Å²) in [7, 11) is 0. The summed E-state index contributed by atoms with van der Waals surface area (Å²) < 4.78 is 5.47. The Balaban J connectivity index is 3.42. The van der Waals surface area contributed by atoms with Crippen molar-refractivity contribution >= 4 is 11.9 Å². The van der Waals surface area contributed by atoms with Crippen molar-refractivity contribution in [1.29, 1.82) is 0 Å². The second-order valence-electron chi connectivity index (χ2n) is 18.6. The van der Waals surface area contributed by atoms with Crippen LogP contribution in [0.3, 0.4) is 0 Å². The topological polar surface area (TPSA) is 95.9 Å². The van der Waals surface area contributed by atoms with E-state index in [0.717, 1.165) is 51.4 Å². The molecule has 0 rings (SSSR count). The van der Waals surface area contributed by atoms with Gasteiger partial charge in [0.1, 0.15) is 0 Å². The van der Waals surface area contributed by atoms with Crippen molar-refractivity contribution in [2.75, 3.05) is 13.2 Å². The number of esters is 1. The lowest BCUT2D eigenvalue weighted by Crippen LogP contribution is -2.45. The lowest BCUT2D eigenvalue weighted by Gasteiger charge is -2.22. The molecule has 0 saturated heterocycles. The van der Waals surface area contributed by atoms with Crippen molar-refractivity contribution in [3.8, 4) is 0 Å². The summed E-state index contributed by atoms with van der Waals surface area (Å²) in [6.45, 7) is 4.93. The molecule has 3 N–H and O–H groups in total. The summed E-state index contributed by atoms with van der Waals surface area (Å²) in [6.07, 6.45) is 57.6. The minimum Gasteiger partial charge on any atom is -0.466 e. The van der Waals surface area contributed by atoms with Crippen LogP contribution in [0.2, 0.25) is 0 Å². The molecule has 0 aliphatic carbocycles. The molecule has 6 heteroatoms. The number of carbonyl (C=O) groups excluding carboxylic acids is 2. The summed E-state index contributed by atoms with van der Waals surface area (Å²) in [5, 5.41) is 23.1. The maximum Gasteiger partial charge on any atom is 0.305 e. The number of ether oxygens (including phenoxy) is 1. The lowest BCUT2D eigenvalue weighted by molar-refractivity contribution is -0.143. The minimum absolute atomic E-state index is 0.00117. The molecule has 0 aliphatic rings. The zero-order valence-electron chi connectivity index (χ0n) is 40.5. The van der Waals surface area contributed by atoms with Crippen LogP contribution in [0.1, 0.15) is 296 Å². The highest BCUT2D eigenvalue weighted by atomic mass is 16.5. The monoisotopic (exact) mass is 848 g/mol. The Morgan fingerprint density at radius 1 is 0.450 bits per heavy atom. The molecule has 0 heterocycles. The first kappa shape index (κ1) is 58.6. The van der Waals surface area contributed by atoms with Crippen LogP contribution < -0.4 is 5.32 Å². The van der Waals surface area contributed by atoms with Gasteiger partial charge in [-0.25, -0.2) is 0 Å². The Hall–Kier alpha value is -1.40. The third kappa shape index (κ3) is 46.1. The molecule has 0 bridgehead atoms. The molecule has 0 aliphatic heterocycles. The molecule has 60 heavy (non-hydrogen) atoms. The van der Waals surface area contributed by atoms with Crippen molar-refractivity contribution < 1.29 is 24.5 Å². The molecule has 356 valence electrons. The molecular weight excluding hydrogens is 743 g/mol. The highest BCUT2D eigenvalue weighted by molar-refractivity contribution is 5.76. The molecular formula is C54H105NO5. The Morgan fingerprint density at radius 2 is 0.783 bits per heavy atom. The van der Waals surface area contributed by atoms with Gasteiger partial charge in [-0.05, 0) is 51.4 Å². The van der Waals surface area contributed by atoms with Gasteiger partial charge in [-0.3, -0.25) is 9.59 Å². The summed E-state index contributed by atoms with van der Waals surface area (Å²) in [6, 6.07) is -0.548. The van der Waals surface area contributed by atoms with Crippen LogP contribution in [0.25, 0.3) is 0 Å². The van der Waals surface area contributed by atoms with E-state index < -0.39 is 12.1 Å². The average molecular weight is 848 g/mol. The van der Waals surface area contributed by atoms with Gasteiger partial charge >= 0.3 is 5.97 Å². The number of aliphatic hydroxyl groups excluding tert-OH is 2. The van der Waals surface area contributed by atoms with Gasteiger partial charge in [-0.1, -0.05) is 244 Å². The van der Waals surface area contributed by atoms with E-state index in [1.807, 2.05) is 0 Å². The molecule has 0 fully saturated rings. The highest BCUT2D eigenvalue weighted by Crippen LogP contribution is 2.17. The van der Waals surface area contributed by atoms with Crippen LogP contribution >= 0.6 is 0 Å². The third-order valence-electron chi connectivity index (χ3n) is 12.6. The van der Waals surface area contributed by atoms with Gasteiger partial charge in [0.25, 0.3) is 0 Å². The number of hydrogen-bond donors (Lipinski definition) is 3. The van der Waals surface area contributed by atoms with Crippen molar-refractivity contribution in [2.24, 2.45) is 0 Å². The van der Waals surface area contributed by atoms with E-state index in [1.54, 1.807) is 0 Å². The normalized spacial score (nSPS) is 12.7. The van der Waals surface area contributed by atoms with Crippen LogP contribution in [0.4, 0.5) is 0 Å². The molecule has 0 aromatic carbocycles. The van der Waals surface area contributed by atoms with Crippen molar-refractivity contribution in [1.82, 2.24) is 5.32 Å². The first-order valence-electron chi connectivity index (χ1n) is 26.9. The lowest BCUT2D eigenvalue weighted by atomic mass is 10.0. The van der Waals surface area contributed by atoms with Gasteiger partial charge in [0.15, 0.2) is 0 Å². The largest absolute Gasteiger partial charge is 0.466 e. The highest BCUT2D eigenvalue weighted by Gasteiger charge is 2.20. The number of aliphatic hydroxyl groups is 2. The first-order valence-corrected chi connectivity index (χ1v) is 26.9. The standard InChI is InChI=1S/C54H105NO5/c1-3-5-7-9-11-13-15-16-20-24-28-32-36-40-44-48-54(59)60-49-45-41-37-33-29-25-22-19-17-18-21-23-27-31-35-39-43-47-53(58)55-51(50-56)52(57)46-42-38-34-30-26-14-12-10-8-6-4-2/h17,19,51-52,56-57H,3-16,18,20-50H2,1-2H3,(H,55,58)/b19-17-. The number of unbranched alkanes of at least 4 members (excludes halogenated alkanes) is 37. The number of carbonyl (C=O) groups is 2. The predicted octanol–water partition coefficient (Wildman–Crippen LogP) is 16.1. The molecule has 0 aromatic heterocycles. The van der Waals surface area contributed by atoms with E-state index in [0.29, 0.717) is 25.9 Å². The average Bonchev–Trinajstić information content (AvgIpc) is 3.25. The molecule has 2 unspecified atom stereocenters. The van der Waals surface area contributed by atoms with Crippen LogP contribution in [0.15, 0.2) is 12.2 Å². The van der Waals surface area contributed by atoms with Crippen molar-refractivity contribution in [3.05, 3.63) is 12.2 Å². The van der Waals surface area contributed by atoms with Gasteiger partial charge in [-0.2, -0.15) is 0 Å². The number of hydrogen-bond acceptors (Lipinski definition) is 5. The van der Waals surface area contributed by atoms with E-state index in [1.165, 1.54) is 212 Å². The zero-order valence-corrected chi connectivity index (χ0v) is 40.5. The molecule has 1 amide bonds. The molecule has 0 aromatic rings. The molecule has 0 radical (unpaired) electrons. The first-order chi connectivity index (χ1) is 29.5. The summed E-state index contributed by atoms with van der Waals surface area (Å²) >= 11 is 0. The molecule has 6 nitrogen and oxygen atoms in total. The fraction of sp³-hybridized carbons (Fsp3) is 0.926. The van der Waals surface area contributed by atoms with E-state index in [-0.39, 0.29) is 18.5 Å². The second-order valence-corrected chi connectivity index (χ2v) is 18.6. The van der Waals surface area contributed by atoms with E-state index in [9.17, 15) is 19.8 Å². The molecule has 0 saturated carbocycles. The smallest absolute Gasteiger partial charge is 0.305 e. The fourth-order valence-electron chi connectivity index (χ4n) is 8.40. The zero-order chi connectivity index (χ0) is 43.7. The number of rotatable bonds is 50. The predicted molar refractivity (Wildman–Crippen MR) is 260 cm³/mol. The van der Waals surface area contributed by atoms with Gasteiger partial charge < -0.3 is 20.3 Å². The summed E-state index contributed by atoms with van der Waals surface area (Å²) in [4.78, 5) is 24.4. The molecule has 0 spiro atoms. The van der Waals surface area contributed by atoms with Gasteiger partial charge in [-0.15, -0.1) is 0 Å². The summed E-state index contributed by atoms with van der Waals surface area (Å²) in [5.74, 6) is -0.0462. The Morgan fingerprint density at radius 3 is 1.18 bits per heavy atom. The van der Waals surface area contributed by atoms with Crippen LogP contribution in [-0.2, 0) is 14.3 Å². The van der Waals surface area contributed by atoms with Gasteiger partial charge in [0.2, 0.25) is 5.91 Å². The SMILES string of the molecule is CCCCCCCCCCCCCCCCCC(=O)OCCCCCCCC/C=C\CCCCCCCCCC(=O)NC(CO)C(O)CCCCCCCCCCCCC. The van der Waals surface area contributed by atoms with Gasteiger partial charge in [0, 0.05) is 12.8 Å². The number of nitrogens with one attached hydrogen (secondary N) is 1. The summed E-state index contributed by atoms with van der Waals surface area (Å²) in [5.41, 5.74) is 0. The van der Waals surface area contributed by atoms with Crippen molar-refractivity contribution in [3.63, 3.8) is 0 Å². The van der Waals surface area contributed by atoms with Gasteiger partial charge in [0.05, 0.1) is 25.4 Å². The fourth-order valence-corrected chi connectivity index (χ4v) is 8.40. The van der Waals surface area contributed by atoms with E-state index >= 15 is 0 Å². The number of allylic oxidation sites excluding steroid dienone is 2. The van der Waals surface area contributed by atoms with E-state index in [4.69, 9.17) is 4.74 Å². The quantitative estimate of drug-likeness (QED) is 0.0322. The Kier molecular flexibility index (Phi) is 49.1. The van der Waals surface area contributed by atoms with Crippen molar-refractivity contribution in [2.45, 2.75) is 309 Å². The Bertz CT molecular complexity index is 893. The van der Waals surface area contributed by atoms with Crippen LogP contribution in [0.5, 0.6) is 0 Å². The second kappa shape index (κ2) is 50.2. The third-order valence-corrected chi connectivity index (χ3v) is 12.6. The maximum absolute atomic E-state index is 12.4. The minimum atomic E-state index is -0.669. The van der Waals surface area contributed by atoms with Crippen LogP contribution in [0, 0.1) is 0 Å². The maximum atomic E-state index is 12.4. The van der Waals surface area contributed by atoms with E-state index in [2.05, 4.69) is 31.3 Å². The van der Waals surface area contributed by atoms with Crippen LogP contribution in [-0.4, -0.2) is 47.4 Å². The molecule has 2 atom stereocenters.